The van der Waals surface area contributed by atoms with E-state index in [1.54, 1.807) is 7.11 Å². The summed E-state index contributed by atoms with van der Waals surface area (Å²) in [4.78, 5) is 16.5. The van der Waals surface area contributed by atoms with Crippen LogP contribution in [0.15, 0.2) is 24.3 Å². The van der Waals surface area contributed by atoms with E-state index in [-0.39, 0.29) is 5.91 Å². The van der Waals surface area contributed by atoms with Crippen molar-refractivity contribution >= 4 is 11.6 Å². The molecular formula is C18H28N2O2. The minimum Gasteiger partial charge on any atom is -0.384 e. The zero-order valence-corrected chi connectivity index (χ0v) is 14.0. The lowest BCUT2D eigenvalue weighted by Crippen LogP contribution is -2.41. The van der Waals surface area contributed by atoms with Crippen LogP contribution < -0.4 is 4.90 Å². The molecule has 1 aromatic rings. The molecule has 4 heteroatoms. The average Bonchev–Trinajstić information content (AvgIpc) is 2.53. The summed E-state index contributed by atoms with van der Waals surface area (Å²) in [5.74, 6) is 0.777. The Labute approximate surface area is 134 Å². The number of rotatable bonds is 6. The fourth-order valence-electron chi connectivity index (χ4n) is 3.03. The van der Waals surface area contributed by atoms with Crippen LogP contribution in [0.25, 0.3) is 0 Å². The van der Waals surface area contributed by atoms with Crippen molar-refractivity contribution in [2.45, 2.75) is 25.7 Å². The van der Waals surface area contributed by atoms with E-state index in [1.165, 1.54) is 17.7 Å². The maximum absolute atomic E-state index is 12.4. The van der Waals surface area contributed by atoms with Crippen LogP contribution in [-0.2, 0) is 16.0 Å². The van der Waals surface area contributed by atoms with Gasteiger partial charge in [0.05, 0.1) is 6.61 Å². The van der Waals surface area contributed by atoms with E-state index in [0.29, 0.717) is 12.3 Å². The van der Waals surface area contributed by atoms with Crippen LogP contribution in [-0.4, -0.2) is 51.7 Å². The SMILES string of the molecule is COC[C@@H]1CCCN(C(=O)CCc2ccc(N(C)C)cc2)C1. The van der Waals surface area contributed by atoms with E-state index in [0.717, 1.165) is 32.5 Å². The molecule has 0 radical (unpaired) electrons. The van der Waals surface area contributed by atoms with E-state index in [1.807, 2.05) is 19.0 Å². The number of methoxy groups -OCH3 is 1. The molecule has 1 amide bonds. The molecule has 0 aliphatic carbocycles. The number of carbonyl (C=O) groups excluding carboxylic acids is 1. The van der Waals surface area contributed by atoms with Gasteiger partial charge in [-0.1, -0.05) is 12.1 Å². The van der Waals surface area contributed by atoms with E-state index >= 15 is 0 Å². The van der Waals surface area contributed by atoms with Crippen LogP contribution in [0.2, 0.25) is 0 Å². The Bertz CT molecular complexity index is 468. The summed E-state index contributed by atoms with van der Waals surface area (Å²) in [6, 6.07) is 8.45. The predicted molar refractivity (Wildman–Crippen MR) is 90.3 cm³/mol. The number of amides is 1. The molecule has 0 aromatic heterocycles. The molecule has 1 aliphatic rings. The van der Waals surface area contributed by atoms with Crippen molar-refractivity contribution in [1.82, 2.24) is 4.90 Å². The zero-order valence-electron chi connectivity index (χ0n) is 14.0. The number of aryl methyl sites for hydroxylation is 1. The number of likely N-dealkylation sites (tertiary alicyclic amines) is 1. The predicted octanol–water partition coefficient (Wildman–Crippen LogP) is 2.57. The zero-order chi connectivity index (χ0) is 15.9. The first-order valence-corrected chi connectivity index (χ1v) is 8.13. The third-order valence-electron chi connectivity index (χ3n) is 4.35. The third kappa shape index (κ3) is 4.73. The molecule has 122 valence electrons. The molecule has 1 aliphatic heterocycles. The van der Waals surface area contributed by atoms with Gasteiger partial charge in [0.2, 0.25) is 5.91 Å². The van der Waals surface area contributed by atoms with Gasteiger partial charge in [-0.05, 0) is 42.9 Å². The second-order valence-corrected chi connectivity index (χ2v) is 6.36. The quantitative estimate of drug-likeness (QED) is 0.810. The Morgan fingerprint density at radius 3 is 2.68 bits per heavy atom. The standard InChI is InChI=1S/C18H28N2O2/c1-19(2)17-9-6-15(7-10-17)8-11-18(21)20-12-4-5-16(13-20)14-22-3/h6-7,9-10,16H,4-5,8,11-14H2,1-3H3/t16-/m1/s1. The van der Waals surface area contributed by atoms with Gasteiger partial charge in [0.1, 0.15) is 0 Å². The van der Waals surface area contributed by atoms with Gasteiger partial charge in [-0.15, -0.1) is 0 Å². The number of anilines is 1. The Balaban J connectivity index is 1.81. The number of ether oxygens (including phenoxy) is 1. The molecule has 1 atom stereocenters. The van der Waals surface area contributed by atoms with Gasteiger partial charge in [0.15, 0.2) is 0 Å². The van der Waals surface area contributed by atoms with E-state index in [9.17, 15) is 4.79 Å². The first kappa shape index (κ1) is 16.8. The van der Waals surface area contributed by atoms with Gasteiger partial charge in [0.25, 0.3) is 0 Å². The molecule has 1 aromatic carbocycles. The van der Waals surface area contributed by atoms with Gasteiger partial charge < -0.3 is 14.5 Å². The Morgan fingerprint density at radius 2 is 2.05 bits per heavy atom. The van der Waals surface area contributed by atoms with Crippen molar-refractivity contribution in [3.63, 3.8) is 0 Å². The van der Waals surface area contributed by atoms with Crippen LogP contribution in [0, 0.1) is 5.92 Å². The smallest absolute Gasteiger partial charge is 0.222 e. The maximum atomic E-state index is 12.4. The van der Waals surface area contributed by atoms with Crippen molar-refractivity contribution < 1.29 is 9.53 Å². The molecule has 22 heavy (non-hydrogen) atoms. The Kier molecular flexibility index (Phi) is 6.25. The van der Waals surface area contributed by atoms with Crippen molar-refractivity contribution in [3.8, 4) is 0 Å². The van der Waals surface area contributed by atoms with Gasteiger partial charge in [-0.2, -0.15) is 0 Å². The van der Waals surface area contributed by atoms with E-state index in [4.69, 9.17) is 4.74 Å². The van der Waals surface area contributed by atoms with Crippen molar-refractivity contribution in [2.24, 2.45) is 5.92 Å². The first-order valence-electron chi connectivity index (χ1n) is 8.13. The van der Waals surface area contributed by atoms with Crippen LogP contribution >= 0.6 is 0 Å². The highest BCUT2D eigenvalue weighted by Crippen LogP contribution is 2.18. The van der Waals surface area contributed by atoms with Crippen molar-refractivity contribution in [2.75, 3.05) is 45.8 Å². The Hall–Kier alpha value is -1.55. The van der Waals surface area contributed by atoms with Crippen LogP contribution in [0.5, 0.6) is 0 Å². The topological polar surface area (TPSA) is 32.8 Å². The summed E-state index contributed by atoms with van der Waals surface area (Å²) in [5, 5.41) is 0. The molecule has 1 fully saturated rings. The van der Waals surface area contributed by atoms with E-state index < -0.39 is 0 Å². The number of benzene rings is 1. The van der Waals surface area contributed by atoms with Gasteiger partial charge in [-0.25, -0.2) is 0 Å². The molecule has 4 nitrogen and oxygen atoms in total. The summed E-state index contributed by atoms with van der Waals surface area (Å²) in [6.07, 6.45) is 3.68. The second kappa shape index (κ2) is 8.18. The minimum absolute atomic E-state index is 0.275. The maximum Gasteiger partial charge on any atom is 0.222 e. The number of hydrogen-bond donors (Lipinski definition) is 0. The van der Waals surface area contributed by atoms with Crippen LogP contribution in [0.1, 0.15) is 24.8 Å². The summed E-state index contributed by atoms with van der Waals surface area (Å²) in [5.41, 5.74) is 2.41. The highest BCUT2D eigenvalue weighted by Gasteiger charge is 2.23. The Morgan fingerprint density at radius 1 is 1.32 bits per heavy atom. The normalized spacial score (nSPS) is 18.3. The van der Waals surface area contributed by atoms with Gasteiger partial charge in [-0.3, -0.25) is 4.79 Å². The molecule has 2 rings (SSSR count). The summed E-state index contributed by atoms with van der Waals surface area (Å²) in [6.45, 7) is 2.51. The monoisotopic (exact) mass is 304 g/mol. The highest BCUT2D eigenvalue weighted by molar-refractivity contribution is 5.76. The summed E-state index contributed by atoms with van der Waals surface area (Å²) < 4.78 is 5.23. The fourth-order valence-corrected chi connectivity index (χ4v) is 3.03. The first-order chi connectivity index (χ1) is 10.6. The number of carbonyl (C=O) groups is 1. The largest absolute Gasteiger partial charge is 0.384 e. The van der Waals surface area contributed by atoms with E-state index in [2.05, 4.69) is 29.2 Å². The second-order valence-electron chi connectivity index (χ2n) is 6.36. The number of hydrogen-bond acceptors (Lipinski definition) is 3. The van der Waals surface area contributed by atoms with Crippen LogP contribution in [0.4, 0.5) is 5.69 Å². The molecule has 0 unspecified atom stereocenters. The molecule has 0 saturated carbocycles. The molecular weight excluding hydrogens is 276 g/mol. The van der Waals surface area contributed by atoms with Crippen molar-refractivity contribution in [3.05, 3.63) is 29.8 Å². The van der Waals surface area contributed by atoms with Crippen LogP contribution in [0.3, 0.4) is 0 Å². The molecule has 1 heterocycles. The lowest BCUT2D eigenvalue weighted by atomic mass is 9.98. The van der Waals surface area contributed by atoms with Crippen molar-refractivity contribution in [1.29, 1.82) is 0 Å². The fraction of sp³-hybridized carbons (Fsp3) is 0.611. The molecule has 0 N–H and O–H groups in total. The van der Waals surface area contributed by atoms with Gasteiger partial charge >= 0.3 is 0 Å². The lowest BCUT2D eigenvalue weighted by molar-refractivity contribution is -0.133. The molecule has 0 bridgehead atoms. The molecule has 0 spiro atoms. The minimum atomic E-state index is 0.275. The summed E-state index contributed by atoms with van der Waals surface area (Å²) in [7, 11) is 5.80. The third-order valence-corrected chi connectivity index (χ3v) is 4.35. The van der Waals surface area contributed by atoms with Gasteiger partial charge in [0, 0.05) is 46.4 Å². The lowest BCUT2D eigenvalue weighted by Gasteiger charge is -2.32. The number of nitrogens with zero attached hydrogens (tertiary/aromatic N) is 2. The number of piperidine rings is 1. The molecule has 1 saturated heterocycles. The highest BCUT2D eigenvalue weighted by atomic mass is 16.5. The average molecular weight is 304 g/mol. The summed E-state index contributed by atoms with van der Waals surface area (Å²) >= 11 is 0.